The molecule has 1 aliphatic heterocycles. The van der Waals surface area contributed by atoms with Gasteiger partial charge in [-0.25, -0.2) is 9.97 Å². The third kappa shape index (κ3) is 1.49. The monoisotopic (exact) mass is 179 g/mol. The van der Waals surface area contributed by atoms with Gasteiger partial charge in [0.15, 0.2) is 0 Å². The molecule has 0 atom stereocenters. The van der Waals surface area contributed by atoms with Gasteiger partial charge in [0.2, 0.25) is 0 Å². The predicted octanol–water partition coefficient (Wildman–Crippen LogP) is 0.438. The summed E-state index contributed by atoms with van der Waals surface area (Å²) in [6.45, 7) is 3.36. The zero-order chi connectivity index (χ0) is 9.31. The third-order valence-corrected chi connectivity index (χ3v) is 2.52. The lowest BCUT2D eigenvalue weighted by Gasteiger charge is -2.46. The lowest BCUT2D eigenvalue weighted by Crippen LogP contribution is -2.61. The number of nitrogens with zero attached hydrogens (tertiary/aromatic N) is 3. The van der Waals surface area contributed by atoms with Gasteiger partial charge in [-0.05, 0) is 12.5 Å². The zero-order valence-electron chi connectivity index (χ0n) is 7.64. The average molecular weight is 179 g/mol. The number of β-amino-alcohol motifs (C(OH)–C–C–N with tert-alkyl or cyclic N) is 1. The molecule has 0 spiro atoms. The van der Waals surface area contributed by atoms with Crippen molar-refractivity contribution < 1.29 is 5.11 Å². The van der Waals surface area contributed by atoms with E-state index in [1.165, 1.54) is 6.33 Å². The van der Waals surface area contributed by atoms with Crippen LogP contribution >= 0.6 is 0 Å². The highest BCUT2D eigenvalue weighted by molar-refractivity contribution is 5.42. The maximum absolute atomic E-state index is 9.77. The summed E-state index contributed by atoms with van der Waals surface area (Å²) in [6.07, 6.45) is 4.04. The summed E-state index contributed by atoms with van der Waals surface area (Å²) < 4.78 is 0. The molecule has 1 aliphatic rings. The Morgan fingerprint density at radius 1 is 1.62 bits per heavy atom. The molecule has 1 aromatic rings. The van der Waals surface area contributed by atoms with Crippen LogP contribution in [0.3, 0.4) is 0 Å². The second-order valence-corrected chi connectivity index (χ2v) is 3.50. The number of aliphatic hydroxyl groups is 1. The lowest BCUT2D eigenvalue weighted by molar-refractivity contribution is 0.00805. The molecule has 2 heterocycles. The summed E-state index contributed by atoms with van der Waals surface area (Å²) in [5.41, 5.74) is -0.495. The molecule has 13 heavy (non-hydrogen) atoms. The van der Waals surface area contributed by atoms with Gasteiger partial charge in [0.1, 0.15) is 12.1 Å². The highest BCUT2D eigenvalue weighted by atomic mass is 16.3. The SMILES string of the molecule is CCC1(O)CN(c2ccncn2)C1. The first kappa shape index (κ1) is 8.44. The smallest absolute Gasteiger partial charge is 0.132 e. The van der Waals surface area contributed by atoms with Gasteiger partial charge in [0, 0.05) is 19.3 Å². The van der Waals surface area contributed by atoms with Crippen molar-refractivity contribution in [2.75, 3.05) is 18.0 Å². The molecule has 0 bridgehead atoms. The molecule has 0 amide bonds. The first-order valence-corrected chi connectivity index (χ1v) is 4.47. The molecule has 0 unspecified atom stereocenters. The quantitative estimate of drug-likeness (QED) is 0.715. The fraction of sp³-hybridized carbons (Fsp3) is 0.556. The van der Waals surface area contributed by atoms with Gasteiger partial charge in [-0.1, -0.05) is 6.92 Å². The second kappa shape index (κ2) is 2.96. The van der Waals surface area contributed by atoms with E-state index >= 15 is 0 Å². The van der Waals surface area contributed by atoms with Crippen LogP contribution in [-0.2, 0) is 0 Å². The molecular formula is C9H13N3O. The van der Waals surface area contributed by atoms with E-state index in [0.717, 1.165) is 12.2 Å². The molecule has 2 rings (SSSR count). The van der Waals surface area contributed by atoms with Gasteiger partial charge in [0.05, 0.1) is 5.60 Å². The fourth-order valence-corrected chi connectivity index (χ4v) is 1.52. The maximum Gasteiger partial charge on any atom is 0.132 e. The Bertz CT molecular complexity index is 282. The van der Waals surface area contributed by atoms with Crippen molar-refractivity contribution in [3.05, 3.63) is 18.6 Å². The largest absolute Gasteiger partial charge is 0.386 e. The van der Waals surface area contributed by atoms with Crippen molar-refractivity contribution in [1.29, 1.82) is 0 Å². The molecular weight excluding hydrogens is 166 g/mol. The molecule has 70 valence electrons. The van der Waals surface area contributed by atoms with E-state index in [2.05, 4.69) is 9.97 Å². The van der Waals surface area contributed by atoms with Gasteiger partial charge >= 0.3 is 0 Å². The molecule has 4 nitrogen and oxygen atoms in total. The standard InChI is InChI=1S/C9H13N3O/c1-2-9(13)5-12(6-9)8-3-4-10-7-11-8/h3-4,7,13H,2,5-6H2,1H3. The minimum atomic E-state index is -0.495. The van der Waals surface area contributed by atoms with Crippen LogP contribution in [0.5, 0.6) is 0 Å². The Kier molecular flexibility index (Phi) is 1.92. The third-order valence-electron chi connectivity index (χ3n) is 2.52. The molecule has 1 aromatic heterocycles. The number of hydrogen-bond acceptors (Lipinski definition) is 4. The molecule has 0 saturated carbocycles. The summed E-state index contributed by atoms with van der Waals surface area (Å²) >= 11 is 0. The van der Waals surface area contributed by atoms with Crippen molar-refractivity contribution in [1.82, 2.24) is 9.97 Å². The van der Waals surface area contributed by atoms with Crippen molar-refractivity contribution in [2.45, 2.75) is 18.9 Å². The Labute approximate surface area is 77.2 Å². The molecule has 4 heteroatoms. The number of rotatable bonds is 2. The molecule has 1 fully saturated rings. The normalized spacial score (nSPS) is 19.7. The topological polar surface area (TPSA) is 49.2 Å². The second-order valence-electron chi connectivity index (χ2n) is 3.50. The highest BCUT2D eigenvalue weighted by Gasteiger charge is 2.39. The van der Waals surface area contributed by atoms with Crippen molar-refractivity contribution >= 4 is 5.82 Å². The molecule has 0 radical (unpaired) electrons. The molecule has 0 aliphatic carbocycles. The Hall–Kier alpha value is -1.16. The maximum atomic E-state index is 9.77. The summed E-state index contributed by atoms with van der Waals surface area (Å²) in [7, 11) is 0. The summed E-state index contributed by atoms with van der Waals surface area (Å²) in [4.78, 5) is 9.99. The van der Waals surface area contributed by atoms with Crippen molar-refractivity contribution in [2.24, 2.45) is 0 Å². The van der Waals surface area contributed by atoms with E-state index in [1.807, 2.05) is 17.9 Å². The van der Waals surface area contributed by atoms with Gasteiger partial charge in [-0.15, -0.1) is 0 Å². The van der Waals surface area contributed by atoms with E-state index in [-0.39, 0.29) is 0 Å². The zero-order valence-corrected chi connectivity index (χ0v) is 7.64. The van der Waals surface area contributed by atoms with E-state index in [4.69, 9.17) is 0 Å². The van der Waals surface area contributed by atoms with Gasteiger partial charge < -0.3 is 10.0 Å². The Morgan fingerprint density at radius 2 is 2.38 bits per heavy atom. The van der Waals surface area contributed by atoms with Crippen LogP contribution in [0.25, 0.3) is 0 Å². The minimum absolute atomic E-state index is 0.495. The van der Waals surface area contributed by atoms with E-state index in [0.29, 0.717) is 13.1 Å². The van der Waals surface area contributed by atoms with Crippen LogP contribution in [-0.4, -0.2) is 33.8 Å². The molecule has 1 saturated heterocycles. The van der Waals surface area contributed by atoms with Crippen LogP contribution in [0, 0.1) is 0 Å². The van der Waals surface area contributed by atoms with Gasteiger partial charge in [-0.2, -0.15) is 0 Å². The van der Waals surface area contributed by atoms with Crippen LogP contribution in [0.4, 0.5) is 5.82 Å². The van der Waals surface area contributed by atoms with Gasteiger partial charge in [-0.3, -0.25) is 0 Å². The molecule has 0 aromatic carbocycles. The van der Waals surface area contributed by atoms with Crippen molar-refractivity contribution in [3.63, 3.8) is 0 Å². The van der Waals surface area contributed by atoms with Crippen LogP contribution in [0.1, 0.15) is 13.3 Å². The predicted molar refractivity (Wildman–Crippen MR) is 49.5 cm³/mol. The lowest BCUT2D eigenvalue weighted by atomic mass is 9.91. The molecule has 1 N–H and O–H groups in total. The van der Waals surface area contributed by atoms with Gasteiger partial charge in [0.25, 0.3) is 0 Å². The van der Waals surface area contributed by atoms with E-state index in [9.17, 15) is 5.11 Å². The Morgan fingerprint density at radius 3 is 2.92 bits per heavy atom. The van der Waals surface area contributed by atoms with E-state index in [1.54, 1.807) is 6.20 Å². The number of anilines is 1. The summed E-state index contributed by atoms with van der Waals surface area (Å²) in [6, 6.07) is 1.86. The number of hydrogen-bond donors (Lipinski definition) is 1. The average Bonchev–Trinajstić information content (AvgIpc) is 2.14. The summed E-state index contributed by atoms with van der Waals surface area (Å²) in [5.74, 6) is 0.896. The van der Waals surface area contributed by atoms with Crippen LogP contribution < -0.4 is 4.90 Å². The first-order valence-electron chi connectivity index (χ1n) is 4.47. The highest BCUT2D eigenvalue weighted by Crippen LogP contribution is 2.27. The van der Waals surface area contributed by atoms with Crippen LogP contribution in [0.15, 0.2) is 18.6 Å². The first-order chi connectivity index (χ1) is 6.23. The van der Waals surface area contributed by atoms with Crippen LogP contribution in [0.2, 0.25) is 0 Å². The minimum Gasteiger partial charge on any atom is -0.386 e. The fourth-order valence-electron chi connectivity index (χ4n) is 1.52. The van der Waals surface area contributed by atoms with E-state index < -0.39 is 5.60 Å². The number of aromatic nitrogens is 2. The summed E-state index contributed by atoms with van der Waals surface area (Å²) in [5, 5.41) is 9.77. The Balaban J connectivity index is 2.01. The van der Waals surface area contributed by atoms with Crippen molar-refractivity contribution in [3.8, 4) is 0 Å².